The molecule has 7 heteroatoms. The monoisotopic (exact) mass is 319 g/mol. The van der Waals surface area contributed by atoms with Crippen molar-refractivity contribution in [2.24, 2.45) is 0 Å². The van der Waals surface area contributed by atoms with Crippen molar-refractivity contribution in [1.29, 1.82) is 0 Å². The zero-order valence-corrected chi connectivity index (χ0v) is 14.3. The number of morpholine rings is 2. The summed E-state index contributed by atoms with van der Waals surface area (Å²) in [6, 6.07) is 0. The van der Waals surface area contributed by atoms with E-state index < -0.39 is 7.71 Å². The number of nitrogens with zero attached hydrogens (tertiary/aromatic N) is 3. The molecule has 3 heterocycles. The Balaban J connectivity index is 1.80. The van der Waals surface area contributed by atoms with Crippen molar-refractivity contribution in [3.05, 3.63) is 0 Å². The van der Waals surface area contributed by atoms with E-state index in [1.165, 1.54) is 0 Å². The molecule has 21 heavy (non-hydrogen) atoms. The Bertz CT molecular complexity index is 297. The van der Waals surface area contributed by atoms with Crippen LogP contribution in [0, 0.1) is 0 Å². The number of hydrogen-bond donors (Lipinski definition) is 0. The van der Waals surface area contributed by atoms with Crippen LogP contribution in [0.5, 0.6) is 0 Å². The second-order valence-corrected chi connectivity index (χ2v) is 9.96. The van der Waals surface area contributed by atoms with Crippen LogP contribution in [-0.4, -0.2) is 99.6 Å². The summed E-state index contributed by atoms with van der Waals surface area (Å²) in [6.07, 6.45) is 1.15. The molecule has 0 bridgehead atoms. The predicted molar refractivity (Wildman–Crippen MR) is 86.0 cm³/mol. The third-order valence-corrected chi connectivity index (χ3v) is 9.98. The van der Waals surface area contributed by atoms with Crippen LogP contribution >= 0.6 is 7.71 Å². The van der Waals surface area contributed by atoms with Crippen molar-refractivity contribution >= 4 is 7.71 Å². The first-order valence-corrected chi connectivity index (χ1v) is 10.6. The van der Waals surface area contributed by atoms with Crippen LogP contribution < -0.4 is 0 Å². The topological polar surface area (TPSA) is 37.4 Å². The molecule has 0 amide bonds. The molecular formula is C14H30N3O3P. The summed E-state index contributed by atoms with van der Waals surface area (Å²) >= 11 is 0. The van der Waals surface area contributed by atoms with Crippen LogP contribution in [0.15, 0.2) is 0 Å². The van der Waals surface area contributed by atoms with Gasteiger partial charge in [-0.3, -0.25) is 0 Å². The van der Waals surface area contributed by atoms with Gasteiger partial charge < -0.3 is 0 Å². The van der Waals surface area contributed by atoms with E-state index in [1.807, 2.05) is 0 Å². The molecule has 0 spiro atoms. The molecule has 0 aromatic carbocycles. The van der Waals surface area contributed by atoms with Crippen LogP contribution in [-0.2, 0) is 14.2 Å². The normalized spacial score (nSPS) is 29.2. The van der Waals surface area contributed by atoms with E-state index in [2.05, 4.69) is 20.7 Å². The van der Waals surface area contributed by atoms with Gasteiger partial charge >= 0.3 is 128 Å². The van der Waals surface area contributed by atoms with Gasteiger partial charge in [-0.05, 0) is 0 Å². The minimum absolute atomic E-state index is 0.872. The summed E-state index contributed by atoms with van der Waals surface area (Å²) in [4.78, 5) is 0. The number of rotatable bonds is 3. The third-order valence-electron chi connectivity index (χ3n) is 5.04. The first-order valence-electron chi connectivity index (χ1n) is 8.30. The minimum atomic E-state index is -1.82. The van der Waals surface area contributed by atoms with E-state index in [9.17, 15) is 0 Å². The summed E-state index contributed by atoms with van der Waals surface area (Å²) in [7, 11) is -1.82. The van der Waals surface area contributed by atoms with Gasteiger partial charge in [-0.1, -0.05) is 0 Å². The SMILES string of the molecule is C[PH](N1CCCOCC1)(N1CCOCC1)N1CCOCC1. The quantitative estimate of drug-likeness (QED) is 0.705. The number of ether oxygens (including phenoxy) is 3. The van der Waals surface area contributed by atoms with Crippen LogP contribution in [0.2, 0.25) is 0 Å². The van der Waals surface area contributed by atoms with Gasteiger partial charge in [0.1, 0.15) is 0 Å². The van der Waals surface area contributed by atoms with Gasteiger partial charge in [0.15, 0.2) is 0 Å². The zero-order valence-electron chi connectivity index (χ0n) is 13.3. The first kappa shape index (κ1) is 16.1. The van der Waals surface area contributed by atoms with E-state index >= 15 is 0 Å². The molecule has 3 fully saturated rings. The second kappa shape index (κ2) is 7.64. The maximum atomic E-state index is 5.69. The van der Waals surface area contributed by atoms with Gasteiger partial charge in [0.2, 0.25) is 0 Å². The van der Waals surface area contributed by atoms with Crippen molar-refractivity contribution in [3.8, 4) is 0 Å². The van der Waals surface area contributed by atoms with Gasteiger partial charge in [0, 0.05) is 0 Å². The average molecular weight is 319 g/mol. The van der Waals surface area contributed by atoms with Crippen molar-refractivity contribution < 1.29 is 14.2 Å². The molecular weight excluding hydrogens is 289 g/mol. The molecule has 124 valence electrons. The van der Waals surface area contributed by atoms with Crippen LogP contribution in [0.4, 0.5) is 0 Å². The fourth-order valence-electron chi connectivity index (χ4n) is 3.74. The van der Waals surface area contributed by atoms with Gasteiger partial charge in [-0.25, -0.2) is 0 Å². The van der Waals surface area contributed by atoms with Crippen LogP contribution in [0.25, 0.3) is 0 Å². The fourth-order valence-corrected chi connectivity index (χ4v) is 8.10. The van der Waals surface area contributed by atoms with Crippen LogP contribution in [0.3, 0.4) is 0 Å². The molecule has 0 unspecified atom stereocenters. The second-order valence-electron chi connectivity index (χ2n) is 6.12. The van der Waals surface area contributed by atoms with E-state index in [0.717, 1.165) is 85.3 Å². The van der Waals surface area contributed by atoms with Gasteiger partial charge in [-0.2, -0.15) is 0 Å². The molecule has 0 saturated carbocycles. The van der Waals surface area contributed by atoms with Crippen LogP contribution in [0.1, 0.15) is 6.42 Å². The molecule has 0 aromatic rings. The summed E-state index contributed by atoms with van der Waals surface area (Å²) in [5.74, 6) is 0. The van der Waals surface area contributed by atoms with E-state index in [0.29, 0.717) is 0 Å². The fraction of sp³-hybridized carbons (Fsp3) is 1.00. The van der Waals surface area contributed by atoms with E-state index in [4.69, 9.17) is 14.2 Å². The van der Waals surface area contributed by atoms with Crippen molar-refractivity contribution in [2.75, 3.05) is 85.6 Å². The Morgan fingerprint density at radius 1 is 0.571 bits per heavy atom. The van der Waals surface area contributed by atoms with Gasteiger partial charge in [0.05, 0.1) is 0 Å². The summed E-state index contributed by atoms with van der Waals surface area (Å²) in [6.45, 7) is 14.3. The molecule has 0 radical (unpaired) electrons. The maximum absolute atomic E-state index is 5.69. The first-order chi connectivity index (χ1) is 10.3. The average Bonchev–Trinajstić information content (AvgIpc) is 2.85. The molecule has 0 N–H and O–H groups in total. The van der Waals surface area contributed by atoms with Crippen molar-refractivity contribution in [3.63, 3.8) is 0 Å². The summed E-state index contributed by atoms with van der Waals surface area (Å²) in [5.41, 5.74) is 0. The number of hydrogen-bond acceptors (Lipinski definition) is 6. The Morgan fingerprint density at radius 3 is 1.43 bits per heavy atom. The predicted octanol–water partition coefficient (Wildman–Crippen LogP) is 0.498. The van der Waals surface area contributed by atoms with Gasteiger partial charge in [0.25, 0.3) is 0 Å². The van der Waals surface area contributed by atoms with E-state index in [1.54, 1.807) is 0 Å². The van der Waals surface area contributed by atoms with Crippen molar-refractivity contribution in [1.82, 2.24) is 14.0 Å². The Morgan fingerprint density at radius 2 is 0.952 bits per heavy atom. The molecule has 3 aliphatic rings. The zero-order chi connectivity index (χ0) is 14.5. The summed E-state index contributed by atoms with van der Waals surface area (Å²) in [5, 5.41) is 0. The standard InChI is InChI=1S/C14H30N3O3P/c1-21(16-5-11-19-12-6-16,17-7-13-20-14-8-17)15-3-2-9-18-10-4-15/h21H,2-14H2,1H3. The molecule has 0 aliphatic carbocycles. The molecule has 0 aromatic heterocycles. The molecule has 3 aliphatic heterocycles. The van der Waals surface area contributed by atoms with Crippen molar-refractivity contribution in [2.45, 2.75) is 6.42 Å². The Kier molecular flexibility index (Phi) is 5.85. The Labute approximate surface area is 128 Å². The molecule has 0 atom stereocenters. The molecule has 3 saturated heterocycles. The molecule has 3 rings (SSSR count). The van der Waals surface area contributed by atoms with Gasteiger partial charge in [-0.15, -0.1) is 0 Å². The Hall–Kier alpha value is 0.190. The van der Waals surface area contributed by atoms with E-state index in [-0.39, 0.29) is 0 Å². The third kappa shape index (κ3) is 3.58. The summed E-state index contributed by atoms with van der Waals surface area (Å²) < 4.78 is 25.1. The molecule has 6 nitrogen and oxygen atoms in total.